The zero-order valence-electron chi connectivity index (χ0n) is 17.1. The lowest BCUT2D eigenvalue weighted by atomic mass is 10.1. The summed E-state index contributed by atoms with van der Waals surface area (Å²) in [5.41, 5.74) is 2.62. The molecule has 0 saturated carbocycles. The minimum Gasteiger partial charge on any atom is -0.372 e. The van der Waals surface area contributed by atoms with Gasteiger partial charge in [-0.25, -0.2) is 13.1 Å². The van der Waals surface area contributed by atoms with Crippen molar-refractivity contribution in [2.75, 3.05) is 31.6 Å². The van der Waals surface area contributed by atoms with Crippen LogP contribution in [0.2, 0.25) is 0 Å². The number of carbonyl (C=O) groups excluding carboxylic acids is 1. The van der Waals surface area contributed by atoms with Crippen LogP contribution in [0.5, 0.6) is 0 Å². The fraction of sp³-hybridized carbons (Fsp3) is 0.409. The molecule has 1 fully saturated rings. The first-order chi connectivity index (χ1) is 13.9. The third-order valence-electron chi connectivity index (χ3n) is 5.15. The highest BCUT2D eigenvalue weighted by atomic mass is 32.2. The third kappa shape index (κ3) is 5.36. The number of piperidine rings is 1. The summed E-state index contributed by atoms with van der Waals surface area (Å²) >= 11 is 0. The fourth-order valence-electron chi connectivity index (χ4n) is 3.60. The minimum atomic E-state index is -3.59. The van der Waals surface area contributed by atoms with Gasteiger partial charge in [0.25, 0.3) is 5.91 Å². The van der Waals surface area contributed by atoms with Crippen LogP contribution in [0.1, 0.15) is 42.1 Å². The van der Waals surface area contributed by atoms with Crippen LogP contribution < -0.4 is 9.62 Å². The van der Waals surface area contributed by atoms with Gasteiger partial charge >= 0.3 is 0 Å². The van der Waals surface area contributed by atoms with Crippen LogP contribution in [0, 0.1) is 0 Å². The SMILES string of the molecule is CCNS(=O)(=O)c1cccc(C(=O)N(C)Cc2ccc(N3CCCCC3)cc2)c1. The van der Waals surface area contributed by atoms with Crippen molar-refractivity contribution < 1.29 is 13.2 Å². The van der Waals surface area contributed by atoms with Gasteiger partial charge in [0.1, 0.15) is 0 Å². The van der Waals surface area contributed by atoms with Crippen LogP contribution in [0.3, 0.4) is 0 Å². The summed E-state index contributed by atoms with van der Waals surface area (Å²) in [4.78, 5) is 16.9. The quantitative estimate of drug-likeness (QED) is 0.754. The molecule has 156 valence electrons. The van der Waals surface area contributed by atoms with Crippen LogP contribution in [-0.4, -0.2) is 45.9 Å². The van der Waals surface area contributed by atoms with Crippen LogP contribution >= 0.6 is 0 Å². The Bertz CT molecular complexity index is 936. The lowest BCUT2D eigenvalue weighted by molar-refractivity contribution is 0.0785. The van der Waals surface area contributed by atoms with E-state index >= 15 is 0 Å². The third-order valence-corrected chi connectivity index (χ3v) is 6.69. The molecule has 0 aromatic heterocycles. The van der Waals surface area contributed by atoms with Gasteiger partial charge in [-0.2, -0.15) is 0 Å². The van der Waals surface area contributed by atoms with Gasteiger partial charge < -0.3 is 9.80 Å². The summed E-state index contributed by atoms with van der Waals surface area (Å²) in [6.07, 6.45) is 3.78. The van der Waals surface area contributed by atoms with Gasteiger partial charge in [-0.3, -0.25) is 4.79 Å². The van der Waals surface area contributed by atoms with E-state index in [-0.39, 0.29) is 10.8 Å². The molecule has 1 amide bonds. The van der Waals surface area contributed by atoms with E-state index in [2.05, 4.69) is 33.9 Å². The first-order valence-corrected chi connectivity index (χ1v) is 11.6. The van der Waals surface area contributed by atoms with Crippen molar-refractivity contribution in [3.8, 4) is 0 Å². The Morgan fingerprint density at radius 3 is 2.41 bits per heavy atom. The number of benzene rings is 2. The molecule has 1 aliphatic heterocycles. The Kier molecular flexibility index (Phi) is 6.92. The molecule has 1 saturated heterocycles. The molecule has 3 rings (SSSR count). The highest BCUT2D eigenvalue weighted by Gasteiger charge is 2.18. The first kappa shape index (κ1) is 21.3. The van der Waals surface area contributed by atoms with Gasteiger partial charge in [0.15, 0.2) is 0 Å². The number of hydrogen-bond donors (Lipinski definition) is 1. The number of rotatable bonds is 7. The summed E-state index contributed by atoms with van der Waals surface area (Å²) in [6, 6.07) is 14.5. The molecule has 29 heavy (non-hydrogen) atoms. The molecular weight excluding hydrogens is 386 g/mol. The van der Waals surface area contributed by atoms with Gasteiger partial charge in [-0.15, -0.1) is 0 Å². The highest BCUT2D eigenvalue weighted by molar-refractivity contribution is 7.89. The average Bonchev–Trinajstić information content (AvgIpc) is 2.74. The Labute approximate surface area is 173 Å². The number of carbonyl (C=O) groups is 1. The maximum Gasteiger partial charge on any atom is 0.253 e. The summed E-state index contributed by atoms with van der Waals surface area (Å²) < 4.78 is 26.8. The standard InChI is InChI=1S/C22H29N3O3S/c1-3-23-29(27,28)21-9-7-8-19(16-21)22(26)24(2)17-18-10-12-20(13-11-18)25-14-5-4-6-15-25/h7-13,16,23H,3-6,14-15,17H2,1-2H3. The number of nitrogens with zero attached hydrogens (tertiary/aromatic N) is 2. The molecular formula is C22H29N3O3S. The van der Waals surface area contributed by atoms with Crippen LogP contribution in [0.25, 0.3) is 0 Å². The van der Waals surface area contributed by atoms with Crippen molar-refractivity contribution in [3.05, 3.63) is 59.7 Å². The predicted molar refractivity (Wildman–Crippen MR) is 116 cm³/mol. The summed E-state index contributed by atoms with van der Waals surface area (Å²) in [7, 11) is -1.86. The van der Waals surface area contributed by atoms with E-state index in [0.29, 0.717) is 18.7 Å². The molecule has 1 N–H and O–H groups in total. The number of amides is 1. The fourth-order valence-corrected chi connectivity index (χ4v) is 4.69. The van der Waals surface area contributed by atoms with Gasteiger partial charge in [-0.1, -0.05) is 25.1 Å². The molecule has 2 aromatic rings. The zero-order chi connectivity index (χ0) is 20.9. The van der Waals surface area contributed by atoms with Crippen molar-refractivity contribution in [3.63, 3.8) is 0 Å². The average molecular weight is 416 g/mol. The van der Waals surface area contributed by atoms with Crippen LogP contribution in [0.4, 0.5) is 5.69 Å². The molecule has 0 spiro atoms. The van der Waals surface area contributed by atoms with Crippen molar-refractivity contribution in [2.45, 2.75) is 37.6 Å². The Morgan fingerprint density at radius 2 is 1.76 bits per heavy atom. The summed E-state index contributed by atoms with van der Waals surface area (Å²) in [6.45, 7) is 4.68. The molecule has 0 aliphatic carbocycles. The van der Waals surface area contributed by atoms with E-state index in [1.165, 1.54) is 37.1 Å². The predicted octanol–water partition coefficient (Wildman–Crippen LogP) is 3.25. The molecule has 6 nitrogen and oxygen atoms in total. The van der Waals surface area contributed by atoms with Crippen LogP contribution in [0.15, 0.2) is 53.4 Å². The molecule has 1 aliphatic rings. The van der Waals surface area contributed by atoms with E-state index in [1.54, 1.807) is 31.0 Å². The number of hydrogen-bond acceptors (Lipinski definition) is 4. The zero-order valence-corrected chi connectivity index (χ0v) is 17.9. The molecule has 0 bridgehead atoms. The molecule has 0 unspecified atom stereocenters. The Balaban J connectivity index is 1.67. The van der Waals surface area contributed by atoms with E-state index in [0.717, 1.165) is 18.7 Å². The summed E-state index contributed by atoms with van der Waals surface area (Å²) in [5, 5.41) is 0. The number of nitrogens with one attached hydrogen (secondary N) is 1. The van der Waals surface area contributed by atoms with Crippen molar-refractivity contribution in [1.29, 1.82) is 0 Å². The van der Waals surface area contributed by atoms with Crippen molar-refractivity contribution in [1.82, 2.24) is 9.62 Å². The van der Waals surface area contributed by atoms with E-state index in [9.17, 15) is 13.2 Å². The van der Waals surface area contributed by atoms with Gasteiger partial charge in [-0.05, 0) is 55.2 Å². The molecule has 2 aromatic carbocycles. The molecule has 0 radical (unpaired) electrons. The number of anilines is 1. The second-order valence-corrected chi connectivity index (χ2v) is 9.17. The molecule has 0 atom stereocenters. The molecule has 7 heteroatoms. The lowest BCUT2D eigenvalue weighted by Gasteiger charge is -2.29. The minimum absolute atomic E-state index is 0.101. The Morgan fingerprint density at radius 1 is 1.07 bits per heavy atom. The van der Waals surface area contributed by atoms with E-state index in [4.69, 9.17) is 0 Å². The summed E-state index contributed by atoms with van der Waals surface area (Å²) in [5.74, 6) is -0.210. The second-order valence-electron chi connectivity index (χ2n) is 7.40. The highest BCUT2D eigenvalue weighted by Crippen LogP contribution is 2.21. The van der Waals surface area contributed by atoms with Gasteiger partial charge in [0, 0.05) is 44.5 Å². The van der Waals surface area contributed by atoms with E-state index < -0.39 is 10.0 Å². The largest absolute Gasteiger partial charge is 0.372 e. The maximum atomic E-state index is 12.8. The van der Waals surface area contributed by atoms with Crippen molar-refractivity contribution in [2.24, 2.45) is 0 Å². The normalized spacial score (nSPS) is 14.6. The molecule has 1 heterocycles. The lowest BCUT2D eigenvalue weighted by Crippen LogP contribution is -2.29. The monoisotopic (exact) mass is 415 g/mol. The topological polar surface area (TPSA) is 69.7 Å². The van der Waals surface area contributed by atoms with Crippen molar-refractivity contribution >= 4 is 21.6 Å². The smallest absolute Gasteiger partial charge is 0.253 e. The second kappa shape index (κ2) is 9.41. The number of sulfonamides is 1. The van der Waals surface area contributed by atoms with Gasteiger partial charge in [0.05, 0.1) is 4.90 Å². The van der Waals surface area contributed by atoms with Gasteiger partial charge in [0.2, 0.25) is 10.0 Å². The van der Waals surface area contributed by atoms with E-state index in [1.807, 2.05) is 0 Å². The Hall–Kier alpha value is -2.38. The maximum absolute atomic E-state index is 12.8. The first-order valence-electron chi connectivity index (χ1n) is 10.1. The van der Waals surface area contributed by atoms with Crippen LogP contribution in [-0.2, 0) is 16.6 Å².